The third-order valence-corrected chi connectivity index (χ3v) is 2.41. The molecule has 6 heteroatoms. The topological polar surface area (TPSA) is 93.8 Å². The van der Waals surface area contributed by atoms with Crippen LogP contribution in [0, 0.1) is 0 Å². The molecule has 0 aromatic heterocycles. The Morgan fingerprint density at radius 2 is 2.17 bits per heavy atom. The van der Waals surface area contributed by atoms with Crippen LogP contribution < -0.4 is 20.5 Å². The van der Waals surface area contributed by atoms with Crippen molar-refractivity contribution >= 4 is 5.91 Å². The van der Waals surface area contributed by atoms with Gasteiger partial charge in [0.05, 0.1) is 20.8 Å². The molecule has 0 fully saturated rings. The molecule has 1 amide bonds. The molecule has 0 saturated heterocycles. The molecule has 0 aliphatic heterocycles. The van der Waals surface area contributed by atoms with Crippen LogP contribution in [0.4, 0.5) is 0 Å². The van der Waals surface area contributed by atoms with Gasteiger partial charge in [0.1, 0.15) is 17.7 Å². The summed E-state index contributed by atoms with van der Waals surface area (Å²) in [7, 11) is 3.09. The minimum atomic E-state index is -1.01. The van der Waals surface area contributed by atoms with Gasteiger partial charge in [0, 0.05) is 12.0 Å². The van der Waals surface area contributed by atoms with E-state index in [4.69, 9.17) is 15.2 Å². The lowest BCUT2D eigenvalue weighted by molar-refractivity contribution is -0.122. The van der Waals surface area contributed by atoms with Gasteiger partial charge in [-0.2, -0.15) is 0 Å². The zero-order chi connectivity index (χ0) is 13.5. The van der Waals surface area contributed by atoms with E-state index in [1.54, 1.807) is 25.3 Å². The van der Waals surface area contributed by atoms with Crippen molar-refractivity contribution in [2.45, 2.75) is 12.6 Å². The highest BCUT2D eigenvalue weighted by Crippen LogP contribution is 2.24. The molecule has 4 N–H and O–H groups in total. The largest absolute Gasteiger partial charge is 0.497 e. The number of aliphatic hydroxyl groups excluding tert-OH is 1. The van der Waals surface area contributed by atoms with Crippen LogP contribution in [0.1, 0.15) is 5.56 Å². The molecule has 0 aliphatic rings. The lowest BCUT2D eigenvalue weighted by atomic mass is 10.1. The van der Waals surface area contributed by atoms with Crippen molar-refractivity contribution in [2.75, 3.05) is 20.8 Å². The molecule has 6 nitrogen and oxygen atoms in total. The fourth-order valence-corrected chi connectivity index (χ4v) is 1.55. The van der Waals surface area contributed by atoms with Gasteiger partial charge in [0.2, 0.25) is 5.91 Å². The van der Waals surface area contributed by atoms with Crippen molar-refractivity contribution in [1.29, 1.82) is 0 Å². The minimum Gasteiger partial charge on any atom is -0.497 e. The van der Waals surface area contributed by atoms with E-state index in [1.165, 1.54) is 7.11 Å². The molecule has 0 aliphatic carbocycles. The summed E-state index contributed by atoms with van der Waals surface area (Å²) < 4.78 is 10.3. The van der Waals surface area contributed by atoms with Gasteiger partial charge in [-0.1, -0.05) is 0 Å². The third kappa shape index (κ3) is 3.90. The summed E-state index contributed by atoms with van der Waals surface area (Å²) in [6.45, 7) is -0.160. The van der Waals surface area contributed by atoms with Crippen LogP contribution in [0.15, 0.2) is 18.2 Å². The molecule has 1 aromatic carbocycles. The first kappa shape index (κ1) is 14.3. The first-order valence-corrected chi connectivity index (χ1v) is 5.49. The van der Waals surface area contributed by atoms with Crippen LogP contribution in [0.2, 0.25) is 0 Å². The summed E-state index contributed by atoms with van der Waals surface area (Å²) in [5, 5.41) is 12.1. The Morgan fingerprint density at radius 1 is 1.44 bits per heavy atom. The van der Waals surface area contributed by atoms with Crippen molar-refractivity contribution < 1.29 is 19.4 Å². The van der Waals surface area contributed by atoms with Crippen molar-refractivity contribution in [3.05, 3.63) is 23.8 Å². The standard InChI is InChI=1S/C12H18N2O4/c1-17-9-3-4-10(18-2)8(5-9)6-11(15)14-12(16)7-13/h3-5,11,15H,6-7,13H2,1-2H3,(H,14,16). The van der Waals surface area contributed by atoms with Gasteiger partial charge in [-0.05, 0) is 18.2 Å². The van der Waals surface area contributed by atoms with E-state index in [-0.39, 0.29) is 13.0 Å². The van der Waals surface area contributed by atoms with E-state index >= 15 is 0 Å². The van der Waals surface area contributed by atoms with Gasteiger partial charge >= 0.3 is 0 Å². The molecule has 1 aromatic rings. The van der Waals surface area contributed by atoms with Gasteiger partial charge in [0.15, 0.2) is 0 Å². The lowest BCUT2D eigenvalue weighted by Crippen LogP contribution is -2.39. The van der Waals surface area contributed by atoms with Crippen molar-refractivity contribution in [3.63, 3.8) is 0 Å². The first-order chi connectivity index (χ1) is 8.60. The molecule has 1 rings (SSSR count). The van der Waals surface area contributed by atoms with Crippen molar-refractivity contribution in [3.8, 4) is 11.5 Å². The number of methoxy groups -OCH3 is 2. The number of rotatable bonds is 6. The van der Waals surface area contributed by atoms with Crippen LogP contribution in [-0.4, -0.2) is 38.0 Å². The number of carbonyl (C=O) groups is 1. The predicted octanol–water partition coefficient (Wildman–Crippen LogP) is -0.360. The number of carbonyl (C=O) groups excluding carboxylic acids is 1. The number of aliphatic hydroxyl groups is 1. The first-order valence-electron chi connectivity index (χ1n) is 5.49. The number of nitrogens with one attached hydrogen (secondary N) is 1. The molecular weight excluding hydrogens is 236 g/mol. The normalized spacial score (nSPS) is 11.8. The highest BCUT2D eigenvalue weighted by Gasteiger charge is 2.12. The molecule has 0 heterocycles. The summed E-state index contributed by atoms with van der Waals surface area (Å²) >= 11 is 0. The molecule has 0 bridgehead atoms. The number of amides is 1. The highest BCUT2D eigenvalue weighted by atomic mass is 16.5. The van der Waals surface area contributed by atoms with E-state index in [0.717, 1.165) is 5.56 Å². The second-order valence-electron chi connectivity index (χ2n) is 3.67. The Kier molecular flexibility index (Phi) is 5.41. The summed E-state index contributed by atoms with van der Waals surface area (Å²) in [4.78, 5) is 11.0. The molecule has 0 saturated carbocycles. The maximum Gasteiger partial charge on any atom is 0.235 e. The molecule has 100 valence electrons. The average molecular weight is 254 g/mol. The molecular formula is C12H18N2O4. The van der Waals surface area contributed by atoms with E-state index in [9.17, 15) is 9.90 Å². The zero-order valence-electron chi connectivity index (χ0n) is 10.5. The molecule has 1 unspecified atom stereocenters. The van der Waals surface area contributed by atoms with Crippen LogP contribution in [0.5, 0.6) is 11.5 Å². The third-order valence-electron chi connectivity index (χ3n) is 2.41. The fraction of sp³-hybridized carbons (Fsp3) is 0.417. The molecule has 0 radical (unpaired) electrons. The van der Waals surface area contributed by atoms with Crippen LogP contribution in [0.25, 0.3) is 0 Å². The number of ether oxygens (including phenoxy) is 2. The van der Waals surface area contributed by atoms with E-state index in [0.29, 0.717) is 11.5 Å². The quantitative estimate of drug-likeness (QED) is 0.603. The Morgan fingerprint density at radius 3 is 2.72 bits per heavy atom. The summed E-state index contributed by atoms with van der Waals surface area (Å²) in [6, 6.07) is 5.25. The molecule has 0 spiro atoms. The molecule has 18 heavy (non-hydrogen) atoms. The van der Waals surface area contributed by atoms with Crippen molar-refractivity contribution in [2.24, 2.45) is 5.73 Å². The summed E-state index contributed by atoms with van der Waals surface area (Å²) in [5.74, 6) is 0.865. The number of benzene rings is 1. The number of nitrogens with two attached hydrogens (primary N) is 1. The van der Waals surface area contributed by atoms with Gasteiger partial charge in [-0.25, -0.2) is 0 Å². The fourth-order valence-electron chi connectivity index (χ4n) is 1.55. The van der Waals surface area contributed by atoms with Crippen LogP contribution in [0.3, 0.4) is 0 Å². The Bertz CT molecular complexity index is 409. The predicted molar refractivity (Wildman–Crippen MR) is 66.5 cm³/mol. The monoisotopic (exact) mass is 254 g/mol. The summed E-state index contributed by atoms with van der Waals surface area (Å²) in [5.41, 5.74) is 5.89. The van der Waals surface area contributed by atoms with Crippen LogP contribution >= 0.6 is 0 Å². The second kappa shape index (κ2) is 6.83. The molecule has 1 atom stereocenters. The van der Waals surface area contributed by atoms with Gasteiger partial charge < -0.3 is 25.6 Å². The van der Waals surface area contributed by atoms with Gasteiger partial charge in [0.25, 0.3) is 0 Å². The zero-order valence-corrected chi connectivity index (χ0v) is 10.5. The smallest absolute Gasteiger partial charge is 0.235 e. The van der Waals surface area contributed by atoms with Gasteiger partial charge in [-0.3, -0.25) is 4.79 Å². The van der Waals surface area contributed by atoms with Crippen LogP contribution in [-0.2, 0) is 11.2 Å². The highest BCUT2D eigenvalue weighted by molar-refractivity contribution is 5.77. The van der Waals surface area contributed by atoms with E-state index < -0.39 is 12.1 Å². The average Bonchev–Trinajstić information content (AvgIpc) is 2.38. The van der Waals surface area contributed by atoms with E-state index in [2.05, 4.69) is 5.32 Å². The van der Waals surface area contributed by atoms with Gasteiger partial charge in [-0.15, -0.1) is 0 Å². The number of hydrogen-bond donors (Lipinski definition) is 3. The Balaban J connectivity index is 2.78. The second-order valence-corrected chi connectivity index (χ2v) is 3.67. The van der Waals surface area contributed by atoms with E-state index in [1.807, 2.05) is 0 Å². The lowest BCUT2D eigenvalue weighted by Gasteiger charge is -2.15. The minimum absolute atomic E-state index is 0.160. The SMILES string of the molecule is COc1ccc(OC)c(CC(O)NC(=O)CN)c1. The number of hydrogen-bond acceptors (Lipinski definition) is 5. The maximum absolute atomic E-state index is 11.0. The Labute approximate surface area is 106 Å². The summed E-state index contributed by atoms with van der Waals surface area (Å²) in [6.07, 6.45) is -0.798. The Hall–Kier alpha value is -1.79. The maximum atomic E-state index is 11.0. The van der Waals surface area contributed by atoms with Crippen molar-refractivity contribution in [1.82, 2.24) is 5.32 Å².